The molecule has 3 aliphatic rings. The number of esters is 2. The first-order valence-corrected chi connectivity index (χ1v) is 18.4. The van der Waals surface area contributed by atoms with Gasteiger partial charge in [0.1, 0.15) is 30.0 Å². The molecule has 6 atom stereocenters. The second kappa shape index (κ2) is 17.3. The fourth-order valence-electron chi connectivity index (χ4n) is 6.83. The lowest BCUT2D eigenvalue weighted by atomic mass is 9.91. The molecule has 0 unspecified atom stereocenters. The number of nitrogens with zero attached hydrogens (tertiary/aromatic N) is 1. The van der Waals surface area contributed by atoms with E-state index in [-0.39, 0.29) is 36.3 Å². The van der Waals surface area contributed by atoms with Crippen LogP contribution >= 0.6 is 0 Å². The van der Waals surface area contributed by atoms with Gasteiger partial charge >= 0.3 is 11.9 Å². The van der Waals surface area contributed by atoms with Crippen molar-refractivity contribution < 1.29 is 53.1 Å². The number of nitrogens with one attached hydrogen (secondary N) is 2. The van der Waals surface area contributed by atoms with Crippen molar-refractivity contribution in [2.75, 3.05) is 20.7 Å². The molecule has 1 heterocycles. The van der Waals surface area contributed by atoms with Crippen molar-refractivity contribution in [3.05, 3.63) is 88.5 Å². The molecular formula is C41H51N3O11. The van der Waals surface area contributed by atoms with Gasteiger partial charge in [-0.05, 0) is 69.0 Å². The zero-order chi connectivity index (χ0) is 40.1. The van der Waals surface area contributed by atoms with Gasteiger partial charge < -0.3 is 44.7 Å². The second-order valence-corrected chi connectivity index (χ2v) is 15.4. The molecule has 296 valence electrons. The molecule has 55 heavy (non-hydrogen) atoms. The molecule has 1 aliphatic heterocycles. The molecule has 2 aromatic carbocycles. The summed E-state index contributed by atoms with van der Waals surface area (Å²) in [5.74, 6) is -4.01. The fourth-order valence-corrected chi connectivity index (χ4v) is 6.83. The third kappa shape index (κ3) is 10.5. The van der Waals surface area contributed by atoms with Gasteiger partial charge in [0.25, 0.3) is 0 Å². The van der Waals surface area contributed by atoms with Gasteiger partial charge in [0.2, 0.25) is 17.7 Å². The summed E-state index contributed by atoms with van der Waals surface area (Å²) in [6.45, 7) is 6.03. The Morgan fingerprint density at radius 2 is 1.65 bits per heavy atom. The van der Waals surface area contributed by atoms with Crippen LogP contribution in [0.3, 0.4) is 0 Å². The van der Waals surface area contributed by atoms with Gasteiger partial charge in [-0.25, -0.2) is 4.79 Å². The Hall–Kier alpha value is -4.89. The van der Waals surface area contributed by atoms with Gasteiger partial charge in [-0.1, -0.05) is 42.5 Å². The Kier molecular flexibility index (Phi) is 13.0. The zero-order valence-corrected chi connectivity index (χ0v) is 32.1. The van der Waals surface area contributed by atoms with Crippen molar-refractivity contribution in [1.29, 1.82) is 0 Å². The van der Waals surface area contributed by atoms with Gasteiger partial charge in [0.15, 0.2) is 5.79 Å². The average Bonchev–Trinajstić information content (AvgIpc) is 3.68. The van der Waals surface area contributed by atoms with E-state index >= 15 is 0 Å². The van der Waals surface area contributed by atoms with Gasteiger partial charge in [0.05, 0.1) is 24.3 Å². The number of fused-ring (bicyclic) bond motifs is 2. The highest BCUT2D eigenvalue weighted by Crippen LogP contribution is 2.45. The van der Waals surface area contributed by atoms with E-state index in [0.717, 1.165) is 11.1 Å². The number of hydrogen-bond donors (Lipinski definition) is 4. The number of ether oxygens (including phenoxy) is 4. The number of carbonyl (C=O) groups excluding carboxylic acids is 5. The lowest BCUT2D eigenvalue weighted by molar-refractivity contribution is -0.172. The molecule has 0 saturated carbocycles. The number of rotatable bonds is 13. The highest BCUT2D eigenvalue weighted by Gasteiger charge is 2.55. The van der Waals surface area contributed by atoms with E-state index in [4.69, 9.17) is 18.9 Å². The molecular weight excluding hydrogens is 710 g/mol. The molecule has 0 aromatic heterocycles. The minimum Gasteiger partial charge on any atom is -0.460 e. The Labute approximate surface area is 320 Å². The standard InChI is InChI=1S/C41H51N3O11/c1-24(46)35(38(50)42-29(23-45)16-18-34(48)54-40(2,3)4)43-37(49)28-19-31(52-39(51)30-14-10-9-11-25(30)15-17-33(47)44(5)6)36-32(20-28)53-41(55-36)21-26-12-7-8-13-27(26)22-41/h7-15,17,20,24,29,31-32,35-36,45-46H,16,18-19,21-23H2,1-6H3,(H,42,50)(H,43,49)/t24-,29-,31+,32+,35+,36-/m0/s1. The minimum atomic E-state index is -1.44. The lowest BCUT2D eigenvalue weighted by Gasteiger charge is -2.31. The monoisotopic (exact) mass is 761 g/mol. The number of likely N-dealkylation sites (N-methyl/N-ethyl adjacent to an activating group) is 1. The van der Waals surface area contributed by atoms with Crippen LogP contribution in [0.15, 0.2) is 66.3 Å². The summed E-state index contributed by atoms with van der Waals surface area (Å²) in [5.41, 5.74) is 2.20. The van der Waals surface area contributed by atoms with Crippen molar-refractivity contribution in [3.8, 4) is 0 Å². The molecule has 5 rings (SSSR count). The smallest absolute Gasteiger partial charge is 0.339 e. The van der Waals surface area contributed by atoms with Gasteiger partial charge in [-0.2, -0.15) is 0 Å². The molecule has 1 saturated heterocycles. The van der Waals surface area contributed by atoms with E-state index in [2.05, 4.69) is 10.6 Å². The van der Waals surface area contributed by atoms with E-state index in [0.29, 0.717) is 18.4 Å². The van der Waals surface area contributed by atoms with Crippen LogP contribution in [-0.2, 0) is 51.0 Å². The first kappa shape index (κ1) is 41.3. The summed E-state index contributed by atoms with van der Waals surface area (Å²) >= 11 is 0. The second-order valence-electron chi connectivity index (χ2n) is 15.4. The molecule has 14 nitrogen and oxygen atoms in total. The Morgan fingerprint density at radius 3 is 2.27 bits per heavy atom. The molecule has 1 spiro atoms. The molecule has 14 heteroatoms. The fraction of sp³-hybridized carbons (Fsp3) is 0.488. The summed E-state index contributed by atoms with van der Waals surface area (Å²) in [5, 5.41) is 25.7. The molecule has 2 aromatic rings. The SMILES string of the molecule is C[C@H](O)[C@@H](NC(=O)C1=C[C@H]2OC3(Cc4ccccc4C3)O[C@H]2[C@H](OC(=O)c2ccccc2C=CC(=O)N(C)C)C1)C(=O)N[C@H](CO)CCC(=O)OC(C)(C)C. The molecule has 2 aliphatic carbocycles. The molecule has 0 radical (unpaired) electrons. The topological polar surface area (TPSA) is 190 Å². The summed E-state index contributed by atoms with van der Waals surface area (Å²) in [6.07, 6.45) is 1.31. The number of carbonyl (C=O) groups is 5. The maximum absolute atomic E-state index is 13.9. The number of aliphatic hydroxyl groups is 2. The number of amides is 3. The van der Waals surface area contributed by atoms with E-state index in [1.165, 1.54) is 24.0 Å². The summed E-state index contributed by atoms with van der Waals surface area (Å²) in [7, 11) is 3.23. The van der Waals surface area contributed by atoms with Crippen LogP contribution in [0.5, 0.6) is 0 Å². The number of aliphatic hydroxyl groups excluding tert-OH is 2. The van der Waals surface area contributed by atoms with Crippen molar-refractivity contribution in [2.24, 2.45) is 0 Å². The van der Waals surface area contributed by atoms with Crippen LogP contribution in [0.25, 0.3) is 6.08 Å². The molecule has 0 bridgehead atoms. The minimum absolute atomic E-state index is 0.0622. The largest absolute Gasteiger partial charge is 0.460 e. The van der Waals surface area contributed by atoms with Gasteiger partial charge in [-0.15, -0.1) is 0 Å². The number of hydrogen-bond acceptors (Lipinski definition) is 11. The first-order valence-electron chi connectivity index (χ1n) is 18.4. The van der Waals surface area contributed by atoms with E-state index in [1.807, 2.05) is 24.3 Å². The molecule has 3 amide bonds. The lowest BCUT2D eigenvalue weighted by Crippen LogP contribution is -2.55. The van der Waals surface area contributed by atoms with Crippen LogP contribution in [-0.4, -0.2) is 113 Å². The van der Waals surface area contributed by atoms with Gasteiger partial charge in [-0.3, -0.25) is 19.2 Å². The van der Waals surface area contributed by atoms with Crippen molar-refractivity contribution in [2.45, 2.75) is 108 Å². The molecule has 1 fully saturated rings. The van der Waals surface area contributed by atoms with Crippen LogP contribution in [0.4, 0.5) is 0 Å². The summed E-state index contributed by atoms with van der Waals surface area (Å²) in [4.78, 5) is 66.9. The predicted molar refractivity (Wildman–Crippen MR) is 200 cm³/mol. The van der Waals surface area contributed by atoms with Crippen LogP contribution < -0.4 is 10.6 Å². The maximum atomic E-state index is 13.9. The highest BCUT2D eigenvalue weighted by atomic mass is 16.8. The van der Waals surface area contributed by atoms with Crippen LogP contribution in [0, 0.1) is 0 Å². The average molecular weight is 762 g/mol. The van der Waals surface area contributed by atoms with Crippen LogP contribution in [0.2, 0.25) is 0 Å². The molecule has 4 N–H and O–H groups in total. The predicted octanol–water partition coefficient (Wildman–Crippen LogP) is 2.39. The summed E-state index contributed by atoms with van der Waals surface area (Å²) < 4.78 is 24.5. The maximum Gasteiger partial charge on any atom is 0.339 e. The third-order valence-corrected chi connectivity index (χ3v) is 9.53. The Bertz CT molecular complexity index is 1800. The number of benzene rings is 2. The zero-order valence-electron chi connectivity index (χ0n) is 32.1. The van der Waals surface area contributed by atoms with Gasteiger partial charge in [0, 0.05) is 51.4 Å². The normalized spacial score (nSPS) is 21.5. The first-order chi connectivity index (χ1) is 26.0. The van der Waals surface area contributed by atoms with Crippen LogP contribution in [0.1, 0.15) is 74.0 Å². The van der Waals surface area contributed by atoms with Crippen molar-refractivity contribution in [1.82, 2.24) is 15.5 Å². The van der Waals surface area contributed by atoms with E-state index < -0.39 is 78.2 Å². The van der Waals surface area contributed by atoms with E-state index in [9.17, 15) is 34.2 Å². The Balaban J connectivity index is 1.35. The van der Waals surface area contributed by atoms with E-state index in [1.54, 1.807) is 65.2 Å². The quantitative estimate of drug-likeness (QED) is 0.173. The highest BCUT2D eigenvalue weighted by molar-refractivity contribution is 5.99. The van der Waals surface area contributed by atoms with Crippen molar-refractivity contribution in [3.63, 3.8) is 0 Å². The Morgan fingerprint density at radius 1 is 1.00 bits per heavy atom. The van der Waals surface area contributed by atoms with Crippen molar-refractivity contribution >= 4 is 35.7 Å². The summed E-state index contributed by atoms with van der Waals surface area (Å²) in [6, 6.07) is 12.2. The third-order valence-electron chi connectivity index (χ3n) is 9.53.